The van der Waals surface area contributed by atoms with Crippen molar-refractivity contribution in [2.45, 2.75) is 26.8 Å². The third-order valence-electron chi connectivity index (χ3n) is 1.70. The first-order chi connectivity index (χ1) is 6.34. The molecular weight excluding hydrogens is 184 g/mol. The summed E-state index contributed by atoms with van der Waals surface area (Å²) in [6.07, 6.45) is 0. The van der Waals surface area contributed by atoms with Crippen molar-refractivity contribution in [3.05, 3.63) is 0 Å². The van der Waals surface area contributed by atoms with Crippen molar-refractivity contribution in [2.75, 3.05) is 13.6 Å². The van der Waals surface area contributed by atoms with Crippen molar-refractivity contribution in [2.24, 2.45) is 5.92 Å². The Bertz CT molecular complexity index is 216. The van der Waals surface area contributed by atoms with E-state index in [1.54, 1.807) is 7.05 Å². The zero-order chi connectivity index (χ0) is 11.3. The van der Waals surface area contributed by atoms with E-state index in [4.69, 9.17) is 5.11 Å². The molecular formula is C9H18N2O3. The number of nitrogens with one attached hydrogen (secondary N) is 1. The van der Waals surface area contributed by atoms with E-state index in [9.17, 15) is 9.59 Å². The van der Waals surface area contributed by atoms with Crippen molar-refractivity contribution in [1.82, 2.24) is 10.2 Å². The summed E-state index contributed by atoms with van der Waals surface area (Å²) in [7, 11) is 1.64. The maximum absolute atomic E-state index is 11.3. The van der Waals surface area contributed by atoms with Gasteiger partial charge < -0.3 is 15.3 Å². The lowest BCUT2D eigenvalue weighted by molar-refractivity contribution is -0.138. The second-order valence-corrected chi connectivity index (χ2v) is 3.78. The smallest absolute Gasteiger partial charge is 0.325 e. The van der Waals surface area contributed by atoms with E-state index in [1.807, 2.05) is 13.8 Å². The zero-order valence-corrected chi connectivity index (χ0v) is 9.07. The summed E-state index contributed by atoms with van der Waals surface area (Å²) in [6.45, 7) is 6.02. The summed E-state index contributed by atoms with van der Waals surface area (Å²) in [5.41, 5.74) is 0. The summed E-state index contributed by atoms with van der Waals surface area (Å²) >= 11 is 0. The lowest BCUT2D eigenvalue weighted by atomic mass is 10.2. The van der Waals surface area contributed by atoms with Gasteiger partial charge in [-0.15, -0.1) is 0 Å². The number of hydrogen-bond donors (Lipinski definition) is 2. The van der Waals surface area contributed by atoms with Crippen molar-refractivity contribution >= 4 is 12.0 Å². The number of carbonyl (C=O) groups excluding carboxylic acids is 1. The van der Waals surface area contributed by atoms with Crippen LogP contribution in [0.1, 0.15) is 20.8 Å². The number of carbonyl (C=O) groups is 2. The molecule has 0 radical (unpaired) electrons. The Labute approximate surface area is 84.1 Å². The Morgan fingerprint density at radius 3 is 2.21 bits per heavy atom. The third kappa shape index (κ3) is 4.69. The van der Waals surface area contributed by atoms with E-state index >= 15 is 0 Å². The fourth-order valence-electron chi connectivity index (χ4n) is 0.988. The summed E-state index contributed by atoms with van der Waals surface area (Å²) in [5.74, 6) is -0.665. The molecule has 0 bridgehead atoms. The quantitative estimate of drug-likeness (QED) is 0.707. The van der Waals surface area contributed by atoms with Crippen LogP contribution in [0.4, 0.5) is 4.79 Å². The highest BCUT2D eigenvalue weighted by Crippen LogP contribution is 1.96. The van der Waals surface area contributed by atoms with Gasteiger partial charge in [0.1, 0.15) is 6.04 Å². The first-order valence-corrected chi connectivity index (χ1v) is 4.59. The van der Waals surface area contributed by atoms with Crippen LogP contribution in [0, 0.1) is 5.92 Å². The molecule has 0 aliphatic heterocycles. The van der Waals surface area contributed by atoms with Gasteiger partial charge in [-0.25, -0.2) is 4.79 Å². The predicted molar refractivity (Wildman–Crippen MR) is 53.1 cm³/mol. The van der Waals surface area contributed by atoms with E-state index in [2.05, 4.69) is 5.32 Å². The standard InChI is InChI=1S/C9H18N2O3/c1-6(2)5-11(4)9(14)10-7(3)8(12)13/h6-7H,5H2,1-4H3,(H,10,14)(H,12,13). The molecule has 0 rings (SSSR count). The molecule has 1 unspecified atom stereocenters. The first kappa shape index (κ1) is 12.7. The molecule has 0 aromatic carbocycles. The highest BCUT2D eigenvalue weighted by atomic mass is 16.4. The van der Waals surface area contributed by atoms with Crippen molar-refractivity contribution in [1.29, 1.82) is 0 Å². The number of amides is 2. The molecule has 82 valence electrons. The second-order valence-electron chi connectivity index (χ2n) is 3.78. The number of hydrogen-bond acceptors (Lipinski definition) is 2. The Morgan fingerprint density at radius 1 is 1.36 bits per heavy atom. The van der Waals surface area contributed by atoms with Gasteiger partial charge in [0.15, 0.2) is 0 Å². The molecule has 0 aromatic rings. The lowest BCUT2D eigenvalue weighted by Gasteiger charge is -2.21. The van der Waals surface area contributed by atoms with Gasteiger partial charge in [0, 0.05) is 13.6 Å². The van der Waals surface area contributed by atoms with E-state index in [0.29, 0.717) is 12.5 Å². The van der Waals surface area contributed by atoms with E-state index in [0.717, 1.165) is 0 Å². The number of carboxylic acids is 1. The molecule has 0 aliphatic rings. The van der Waals surface area contributed by atoms with Crippen LogP contribution in [0.5, 0.6) is 0 Å². The zero-order valence-electron chi connectivity index (χ0n) is 9.07. The van der Waals surface area contributed by atoms with Crippen LogP contribution in [0.2, 0.25) is 0 Å². The number of aliphatic carboxylic acids is 1. The molecule has 0 aromatic heterocycles. The van der Waals surface area contributed by atoms with E-state index in [1.165, 1.54) is 11.8 Å². The van der Waals surface area contributed by atoms with Gasteiger partial charge >= 0.3 is 12.0 Å². The molecule has 5 nitrogen and oxygen atoms in total. The normalized spacial score (nSPS) is 12.4. The van der Waals surface area contributed by atoms with Gasteiger partial charge in [-0.05, 0) is 12.8 Å². The predicted octanol–water partition coefficient (Wildman–Crippen LogP) is 0.757. The van der Waals surface area contributed by atoms with Crippen LogP contribution in [0.3, 0.4) is 0 Å². The van der Waals surface area contributed by atoms with Crippen molar-refractivity contribution in [3.8, 4) is 0 Å². The number of nitrogens with zero attached hydrogens (tertiary/aromatic N) is 1. The fourth-order valence-corrected chi connectivity index (χ4v) is 0.988. The fraction of sp³-hybridized carbons (Fsp3) is 0.778. The summed E-state index contributed by atoms with van der Waals surface area (Å²) in [4.78, 5) is 23.3. The van der Waals surface area contributed by atoms with Gasteiger partial charge in [-0.2, -0.15) is 0 Å². The molecule has 2 amide bonds. The largest absolute Gasteiger partial charge is 0.480 e. The molecule has 0 aliphatic carbocycles. The Kier molecular flexibility index (Phi) is 4.97. The van der Waals surface area contributed by atoms with Crippen LogP contribution in [-0.4, -0.2) is 41.6 Å². The Morgan fingerprint density at radius 2 is 1.86 bits per heavy atom. The van der Waals surface area contributed by atoms with Gasteiger partial charge in [0.05, 0.1) is 0 Å². The molecule has 0 heterocycles. The number of urea groups is 1. The highest BCUT2D eigenvalue weighted by Gasteiger charge is 2.16. The average Bonchev–Trinajstić information content (AvgIpc) is 2.02. The molecule has 0 saturated heterocycles. The molecule has 2 N–H and O–H groups in total. The molecule has 1 atom stereocenters. The molecule has 14 heavy (non-hydrogen) atoms. The van der Waals surface area contributed by atoms with E-state index in [-0.39, 0.29) is 6.03 Å². The third-order valence-corrected chi connectivity index (χ3v) is 1.70. The summed E-state index contributed by atoms with van der Waals surface area (Å²) in [6, 6.07) is -1.20. The molecule has 0 saturated carbocycles. The minimum absolute atomic E-state index is 0.353. The maximum atomic E-state index is 11.3. The highest BCUT2D eigenvalue weighted by molar-refractivity contribution is 5.82. The molecule has 0 spiro atoms. The number of rotatable bonds is 4. The number of carboxylic acid groups (broad SMARTS) is 1. The average molecular weight is 202 g/mol. The van der Waals surface area contributed by atoms with Crippen molar-refractivity contribution in [3.63, 3.8) is 0 Å². The van der Waals surface area contributed by atoms with Crippen LogP contribution in [-0.2, 0) is 4.79 Å². The Hall–Kier alpha value is -1.26. The first-order valence-electron chi connectivity index (χ1n) is 4.59. The molecule has 5 heteroatoms. The summed E-state index contributed by atoms with van der Waals surface area (Å²) < 4.78 is 0. The second kappa shape index (κ2) is 5.47. The monoisotopic (exact) mass is 202 g/mol. The van der Waals surface area contributed by atoms with Crippen LogP contribution < -0.4 is 5.32 Å². The SMILES string of the molecule is CC(C)CN(C)C(=O)NC(C)C(=O)O. The van der Waals surface area contributed by atoms with Crippen LogP contribution >= 0.6 is 0 Å². The van der Waals surface area contributed by atoms with Crippen molar-refractivity contribution < 1.29 is 14.7 Å². The minimum Gasteiger partial charge on any atom is -0.480 e. The van der Waals surface area contributed by atoms with Crippen LogP contribution in [0.15, 0.2) is 0 Å². The van der Waals surface area contributed by atoms with E-state index < -0.39 is 12.0 Å². The minimum atomic E-state index is -1.03. The maximum Gasteiger partial charge on any atom is 0.325 e. The van der Waals surface area contributed by atoms with Gasteiger partial charge in [-0.1, -0.05) is 13.8 Å². The van der Waals surface area contributed by atoms with Crippen LogP contribution in [0.25, 0.3) is 0 Å². The van der Waals surface area contributed by atoms with Gasteiger partial charge in [0.25, 0.3) is 0 Å². The van der Waals surface area contributed by atoms with Gasteiger partial charge in [-0.3, -0.25) is 4.79 Å². The Balaban J connectivity index is 4.01. The topological polar surface area (TPSA) is 69.6 Å². The lowest BCUT2D eigenvalue weighted by Crippen LogP contribution is -2.46. The van der Waals surface area contributed by atoms with Gasteiger partial charge in [0.2, 0.25) is 0 Å². The molecule has 0 fully saturated rings. The summed E-state index contributed by atoms with van der Waals surface area (Å²) in [5, 5.41) is 10.9.